The molecule has 0 aliphatic carbocycles. The zero-order valence-electron chi connectivity index (χ0n) is 11.7. The summed E-state index contributed by atoms with van der Waals surface area (Å²) in [6, 6.07) is 7.76. The van der Waals surface area contributed by atoms with Gasteiger partial charge in [-0.3, -0.25) is 4.79 Å². The molecule has 0 radical (unpaired) electrons. The molecule has 4 nitrogen and oxygen atoms in total. The van der Waals surface area contributed by atoms with E-state index in [-0.39, 0.29) is 11.9 Å². The summed E-state index contributed by atoms with van der Waals surface area (Å²) >= 11 is 0. The van der Waals surface area contributed by atoms with Crippen LogP contribution >= 0.6 is 0 Å². The van der Waals surface area contributed by atoms with Crippen LogP contribution in [-0.4, -0.2) is 44.5 Å². The van der Waals surface area contributed by atoms with Gasteiger partial charge in [-0.15, -0.1) is 0 Å². The van der Waals surface area contributed by atoms with E-state index in [2.05, 4.69) is 0 Å². The monoisotopic (exact) mass is 249 g/mol. The van der Waals surface area contributed by atoms with E-state index in [9.17, 15) is 4.79 Å². The molecule has 1 amide bonds. The first-order valence-electron chi connectivity index (χ1n) is 6.20. The SMILES string of the molecule is CC(N)CCN(C)C(=O)c1cccc(N(C)C)c1. The van der Waals surface area contributed by atoms with E-state index >= 15 is 0 Å². The van der Waals surface area contributed by atoms with Crippen LogP contribution in [0.5, 0.6) is 0 Å². The topological polar surface area (TPSA) is 49.6 Å². The number of hydrogen-bond donors (Lipinski definition) is 1. The van der Waals surface area contributed by atoms with Crippen LogP contribution in [0.15, 0.2) is 24.3 Å². The Bertz CT molecular complexity index is 402. The lowest BCUT2D eigenvalue weighted by Gasteiger charge is -2.19. The highest BCUT2D eigenvalue weighted by molar-refractivity contribution is 5.95. The number of amides is 1. The van der Waals surface area contributed by atoms with Crippen molar-refractivity contribution in [1.29, 1.82) is 0 Å². The lowest BCUT2D eigenvalue weighted by atomic mass is 10.1. The van der Waals surface area contributed by atoms with Gasteiger partial charge in [0.05, 0.1) is 0 Å². The van der Waals surface area contributed by atoms with Crippen LogP contribution in [0.4, 0.5) is 5.69 Å². The number of carbonyl (C=O) groups excluding carboxylic acids is 1. The van der Waals surface area contributed by atoms with Crippen LogP contribution < -0.4 is 10.6 Å². The number of nitrogens with two attached hydrogens (primary N) is 1. The Morgan fingerprint density at radius 2 is 2.00 bits per heavy atom. The molecular formula is C14H23N3O. The van der Waals surface area contributed by atoms with Crippen LogP contribution in [0.1, 0.15) is 23.7 Å². The average Bonchev–Trinajstić information content (AvgIpc) is 2.35. The van der Waals surface area contributed by atoms with Gasteiger partial charge in [0.25, 0.3) is 5.91 Å². The Kier molecular flexibility index (Phi) is 5.16. The third kappa shape index (κ3) is 4.04. The molecule has 0 aliphatic rings. The molecule has 1 atom stereocenters. The average molecular weight is 249 g/mol. The summed E-state index contributed by atoms with van der Waals surface area (Å²) in [4.78, 5) is 15.9. The molecule has 18 heavy (non-hydrogen) atoms. The molecule has 1 unspecified atom stereocenters. The predicted molar refractivity (Wildman–Crippen MR) is 76.0 cm³/mol. The van der Waals surface area contributed by atoms with Crippen molar-refractivity contribution in [3.63, 3.8) is 0 Å². The largest absolute Gasteiger partial charge is 0.378 e. The van der Waals surface area contributed by atoms with Gasteiger partial charge in [-0.05, 0) is 31.5 Å². The second kappa shape index (κ2) is 6.40. The molecule has 0 spiro atoms. The molecule has 0 fully saturated rings. The number of rotatable bonds is 5. The summed E-state index contributed by atoms with van der Waals surface area (Å²) < 4.78 is 0. The quantitative estimate of drug-likeness (QED) is 0.861. The van der Waals surface area contributed by atoms with Gasteiger partial charge in [0.1, 0.15) is 0 Å². The van der Waals surface area contributed by atoms with Crippen LogP contribution in [0, 0.1) is 0 Å². The fourth-order valence-electron chi connectivity index (χ4n) is 1.64. The second-order valence-electron chi connectivity index (χ2n) is 4.94. The molecule has 1 aromatic rings. The maximum absolute atomic E-state index is 12.2. The first kappa shape index (κ1) is 14.5. The van der Waals surface area contributed by atoms with Crippen molar-refractivity contribution in [3.8, 4) is 0 Å². The van der Waals surface area contributed by atoms with Crippen molar-refractivity contribution in [2.24, 2.45) is 5.73 Å². The zero-order valence-corrected chi connectivity index (χ0v) is 11.7. The van der Waals surface area contributed by atoms with Crippen molar-refractivity contribution >= 4 is 11.6 Å². The van der Waals surface area contributed by atoms with Crippen molar-refractivity contribution < 1.29 is 4.79 Å². The molecule has 0 aliphatic heterocycles. The molecule has 0 aromatic heterocycles. The summed E-state index contributed by atoms with van der Waals surface area (Å²) in [5.74, 6) is 0.0411. The minimum atomic E-state index is 0.0411. The number of anilines is 1. The number of hydrogen-bond acceptors (Lipinski definition) is 3. The predicted octanol–water partition coefficient (Wildman–Crippen LogP) is 1.56. The lowest BCUT2D eigenvalue weighted by Crippen LogP contribution is -2.31. The van der Waals surface area contributed by atoms with Gasteiger partial charge in [-0.2, -0.15) is 0 Å². The molecule has 0 saturated carbocycles. The molecule has 1 aromatic carbocycles. The Morgan fingerprint density at radius 3 is 2.56 bits per heavy atom. The highest BCUT2D eigenvalue weighted by Gasteiger charge is 2.12. The summed E-state index contributed by atoms with van der Waals surface area (Å²) in [6.07, 6.45) is 0.815. The minimum absolute atomic E-state index is 0.0411. The summed E-state index contributed by atoms with van der Waals surface area (Å²) in [7, 11) is 5.74. The van der Waals surface area contributed by atoms with Gasteiger partial charge in [-0.1, -0.05) is 6.07 Å². The molecule has 0 bridgehead atoms. The normalized spacial score (nSPS) is 12.1. The standard InChI is InChI=1S/C14H23N3O/c1-11(15)8-9-17(4)14(18)12-6-5-7-13(10-12)16(2)3/h5-7,10-11H,8-9,15H2,1-4H3. The fourth-order valence-corrected chi connectivity index (χ4v) is 1.64. The Labute approximate surface area is 109 Å². The third-order valence-corrected chi connectivity index (χ3v) is 2.88. The Balaban J connectivity index is 2.74. The molecule has 1 rings (SSSR count). The van der Waals surface area contributed by atoms with Gasteiger partial charge in [0.15, 0.2) is 0 Å². The first-order valence-corrected chi connectivity index (χ1v) is 6.20. The van der Waals surface area contributed by atoms with Crippen LogP contribution in [0.3, 0.4) is 0 Å². The van der Waals surface area contributed by atoms with Crippen LogP contribution in [0.25, 0.3) is 0 Å². The molecule has 2 N–H and O–H groups in total. The number of nitrogens with zero attached hydrogens (tertiary/aromatic N) is 2. The highest BCUT2D eigenvalue weighted by atomic mass is 16.2. The van der Waals surface area contributed by atoms with Crippen molar-refractivity contribution in [3.05, 3.63) is 29.8 Å². The zero-order chi connectivity index (χ0) is 13.7. The van der Waals surface area contributed by atoms with Gasteiger partial charge >= 0.3 is 0 Å². The van der Waals surface area contributed by atoms with E-state index in [4.69, 9.17) is 5.73 Å². The molecule has 100 valence electrons. The summed E-state index contributed by atoms with van der Waals surface area (Å²) in [5.41, 5.74) is 7.44. The second-order valence-corrected chi connectivity index (χ2v) is 4.94. The fraction of sp³-hybridized carbons (Fsp3) is 0.500. The molecule has 4 heteroatoms. The van der Waals surface area contributed by atoms with E-state index in [1.54, 1.807) is 4.90 Å². The van der Waals surface area contributed by atoms with Crippen molar-refractivity contribution in [1.82, 2.24) is 4.90 Å². The van der Waals surface area contributed by atoms with Gasteiger partial charge in [0.2, 0.25) is 0 Å². The molecular weight excluding hydrogens is 226 g/mol. The smallest absolute Gasteiger partial charge is 0.253 e. The third-order valence-electron chi connectivity index (χ3n) is 2.88. The van der Waals surface area contributed by atoms with Crippen LogP contribution in [-0.2, 0) is 0 Å². The maximum Gasteiger partial charge on any atom is 0.253 e. The van der Waals surface area contributed by atoms with Gasteiger partial charge < -0.3 is 15.5 Å². The van der Waals surface area contributed by atoms with E-state index in [1.807, 2.05) is 57.2 Å². The maximum atomic E-state index is 12.2. The van der Waals surface area contributed by atoms with Gasteiger partial charge in [-0.25, -0.2) is 0 Å². The minimum Gasteiger partial charge on any atom is -0.378 e. The number of carbonyl (C=O) groups is 1. The van der Waals surface area contributed by atoms with E-state index < -0.39 is 0 Å². The Morgan fingerprint density at radius 1 is 1.33 bits per heavy atom. The van der Waals surface area contributed by atoms with E-state index in [0.717, 1.165) is 12.1 Å². The first-order chi connectivity index (χ1) is 8.41. The highest BCUT2D eigenvalue weighted by Crippen LogP contribution is 2.14. The van der Waals surface area contributed by atoms with E-state index in [1.165, 1.54) is 0 Å². The molecule has 0 heterocycles. The summed E-state index contributed by atoms with van der Waals surface area (Å²) in [5, 5.41) is 0. The summed E-state index contributed by atoms with van der Waals surface area (Å²) in [6.45, 7) is 2.63. The van der Waals surface area contributed by atoms with Crippen molar-refractivity contribution in [2.75, 3.05) is 32.6 Å². The lowest BCUT2D eigenvalue weighted by molar-refractivity contribution is 0.0792. The Hall–Kier alpha value is -1.55. The van der Waals surface area contributed by atoms with Crippen molar-refractivity contribution in [2.45, 2.75) is 19.4 Å². The van der Waals surface area contributed by atoms with E-state index in [0.29, 0.717) is 12.1 Å². The molecule has 0 saturated heterocycles. The number of benzene rings is 1. The van der Waals surface area contributed by atoms with Gasteiger partial charge in [0, 0.05) is 45.0 Å². The van der Waals surface area contributed by atoms with Crippen LogP contribution in [0.2, 0.25) is 0 Å².